The molecule has 0 radical (unpaired) electrons. The molecule has 0 aliphatic carbocycles. The van der Waals surface area contributed by atoms with Crippen molar-refractivity contribution < 1.29 is 51.8 Å². The molecule has 0 saturated carbocycles. The summed E-state index contributed by atoms with van der Waals surface area (Å²) in [7, 11) is -2.70. The Hall–Kier alpha value is -6.19. The lowest BCUT2D eigenvalue weighted by molar-refractivity contribution is -0.377. The van der Waals surface area contributed by atoms with E-state index in [9.17, 15) is 5.26 Å². The molecule has 2 aliphatic heterocycles. The number of benzene rings is 7. The molecule has 2 heterocycles. The van der Waals surface area contributed by atoms with Crippen molar-refractivity contribution in [3.63, 3.8) is 0 Å². The van der Waals surface area contributed by atoms with Crippen LogP contribution in [0, 0.1) is 11.3 Å². The summed E-state index contributed by atoms with van der Waals surface area (Å²) in [6, 6.07) is 70.0. The van der Waals surface area contributed by atoms with Gasteiger partial charge in [-0.3, -0.25) is 0 Å². The normalized spacial score (nSPS) is 23.2. The maximum absolute atomic E-state index is 10.3. The van der Waals surface area contributed by atoms with Crippen LogP contribution in [0.25, 0.3) is 0 Å². The van der Waals surface area contributed by atoms with Gasteiger partial charge in [-0.15, -0.1) is 0 Å². The van der Waals surface area contributed by atoms with Crippen LogP contribution in [0.15, 0.2) is 206 Å². The number of rotatable bonds is 27. The maximum Gasteiger partial charge on any atom is 0.195 e. The molecule has 2 aliphatic rings. The molecule has 2 fully saturated rings. The zero-order valence-corrected chi connectivity index (χ0v) is 48.2. The van der Waals surface area contributed by atoms with Crippen LogP contribution in [-0.4, -0.2) is 82.9 Å². The minimum absolute atomic E-state index is 0.0199. The largest absolute Gasteiger partial charge is 0.390 e. The van der Waals surface area contributed by atoms with Crippen LogP contribution in [-0.2, 0) is 98.0 Å². The Kier molecular flexibility index (Phi) is 21.8. The highest BCUT2D eigenvalue weighted by Gasteiger charge is 2.56. The SMILES string of the molecule is CC(C)(C)[Si](C)(C)O[C@@H]1O[C@H](COCc2ccccc2)[C@@H](OCc2ccccc2)[C@H](OCc2ccccc2)[C@H]1O[C@@H]1O[C@H](COCc2ccccc2)[C@@H](OCc2ccccc2)[C@H](OCc2ccccc2)[C@H]1OCc1ccccc1C#N. The summed E-state index contributed by atoms with van der Waals surface area (Å²) in [5.41, 5.74) is 7.04. The van der Waals surface area contributed by atoms with Gasteiger partial charge >= 0.3 is 0 Å². The third-order valence-electron chi connectivity index (χ3n) is 15.2. The number of nitrogens with zero attached hydrogens (tertiary/aromatic N) is 1. The molecule has 10 atom stereocenters. The van der Waals surface area contributed by atoms with Gasteiger partial charge in [0.2, 0.25) is 0 Å². The Morgan fingerprint density at radius 1 is 0.395 bits per heavy atom. The molecular formula is C68H77NO11Si. The van der Waals surface area contributed by atoms with E-state index in [-0.39, 0.29) is 51.3 Å². The second-order valence-electron chi connectivity index (χ2n) is 22.2. The van der Waals surface area contributed by atoms with E-state index in [2.05, 4.69) is 39.9 Å². The van der Waals surface area contributed by atoms with Crippen LogP contribution in [0.1, 0.15) is 65.3 Å². The zero-order valence-electron chi connectivity index (χ0n) is 47.2. The summed E-state index contributed by atoms with van der Waals surface area (Å²) in [5.74, 6) is 0. The highest BCUT2D eigenvalue weighted by atomic mass is 28.4. The minimum atomic E-state index is -2.70. The average Bonchev–Trinajstić information content (AvgIpc) is 3.53. The van der Waals surface area contributed by atoms with Gasteiger partial charge in [-0.2, -0.15) is 5.26 Å². The Labute approximate surface area is 479 Å². The standard InChI is InChI=1S/C68H77NO11Si/c1-68(2,3)81(4,5)80-67-65(63(75-46-55-36-22-11-23-37-55)61(73-44-53-32-18-9-19-33-53)59(78-67)49-71-42-51-28-14-7-15-29-51)79-66-64(76-47-57-39-25-24-38-56(57)40-69)62(74-45-54-34-20-10-21-35-54)60(72-43-52-30-16-8-17-31-52)58(77-66)48-70-41-50-26-12-6-13-27-50/h6-39,58-67H,41-49H2,1-5H3/t58-,59-,60-,61-,62+,63+,64-,65-,66+,67+/m1/s1. The summed E-state index contributed by atoms with van der Waals surface area (Å²) in [5, 5.41) is 10.1. The van der Waals surface area contributed by atoms with Crippen LogP contribution in [0.2, 0.25) is 18.1 Å². The lowest BCUT2D eigenvalue weighted by Gasteiger charge is -2.52. The number of hydrogen-bond acceptors (Lipinski definition) is 12. The molecule has 13 heteroatoms. The third kappa shape index (κ3) is 17.0. The van der Waals surface area contributed by atoms with Gasteiger partial charge in [-0.1, -0.05) is 221 Å². The van der Waals surface area contributed by atoms with Crippen LogP contribution < -0.4 is 0 Å². The molecule has 0 unspecified atom stereocenters. The minimum Gasteiger partial charge on any atom is -0.390 e. The van der Waals surface area contributed by atoms with E-state index in [1.807, 2.05) is 200 Å². The second-order valence-corrected chi connectivity index (χ2v) is 26.9. The molecule has 7 aromatic rings. The van der Waals surface area contributed by atoms with E-state index in [4.69, 9.17) is 51.8 Å². The molecule has 9 rings (SSSR count). The zero-order chi connectivity index (χ0) is 56.3. The van der Waals surface area contributed by atoms with E-state index in [1.54, 1.807) is 6.07 Å². The van der Waals surface area contributed by atoms with Crippen LogP contribution in [0.3, 0.4) is 0 Å². The Balaban J connectivity index is 1.16. The monoisotopic (exact) mass is 1110 g/mol. The summed E-state index contributed by atoms with van der Waals surface area (Å²) < 4.78 is 78.7. The molecule has 2 saturated heterocycles. The van der Waals surface area contributed by atoms with E-state index >= 15 is 0 Å². The fourth-order valence-corrected chi connectivity index (χ4v) is 10.8. The van der Waals surface area contributed by atoms with Crippen molar-refractivity contribution in [3.05, 3.63) is 251 Å². The summed E-state index contributed by atoms with van der Waals surface area (Å²) in [4.78, 5) is 0. The average molecular weight is 1110 g/mol. The Morgan fingerprint density at radius 2 is 0.728 bits per heavy atom. The first-order chi connectivity index (χ1) is 39.5. The molecule has 424 valence electrons. The first-order valence-electron chi connectivity index (χ1n) is 28.1. The molecule has 0 aromatic heterocycles. The smallest absolute Gasteiger partial charge is 0.195 e. The Bertz CT molecular complexity index is 2950. The van der Waals surface area contributed by atoms with Gasteiger partial charge in [-0.05, 0) is 63.1 Å². The van der Waals surface area contributed by atoms with Gasteiger partial charge in [-0.25, -0.2) is 0 Å². The number of nitriles is 1. The quantitative estimate of drug-likeness (QED) is 0.0455. The van der Waals surface area contributed by atoms with Crippen molar-refractivity contribution in [2.45, 2.75) is 147 Å². The highest BCUT2D eigenvalue weighted by molar-refractivity contribution is 6.74. The lowest BCUT2D eigenvalue weighted by atomic mass is 9.96. The predicted octanol–water partition coefficient (Wildman–Crippen LogP) is 13.1. The van der Waals surface area contributed by atoms with Gasteiger partial charge < -0.3 is 51.8 Å². The van der Waals surface area contributed by atoms with E-state index in [0.717, 1.165) is 33.4 Å². The van der Waals surface area contributed by atoms with E-state index in [0.29, 0.717) is 24.3 Å². The molecule has 81 heavy (non-hydrogen) atoms. The van der Waals surface area contributed by atoms with Crippen molar-refractivity contribution in [2.75, 3.05) is 13.2 Å². The van der Waals surface area contributed by atoms with Crippen LogP contribution >= 0.6 is 0 Å². The van der Waals surface area contributed by atoms with Gasteiger partial charge in [0.1, 0.15) is 48.8 Å². The molecule has 0 N–H and O–H groups in total. The predicted molar refractivity (Wildman–Crippen MR) is 312 cm³/mol. The summed E-state index contributed by atoms with van der Waals surface area (Å²) in [6.07, 6.45) is -8.93. The number of hydrogen-bond donors (Lipinski definition) is 0. The first kappa shape index (κ1) is 59.4. The van der Waals surface area contributed by atoms with Gasteiger partial charge in [0.05, 0.1) is 71.1 Å². The topological polar surface area (TPSA) is 125 Å². The second kappa shape index (κ2) is 29.7. The molecule has 0 bridgehead atoms. The van der Waals surface area contributed by atoms with Crippen molar-refractivity contribution in [1.82, 2.24) is 0 Å². The van der Waals surface area contributed by atoms with Crippen molar-refractivity contribution in [3.8, 4) is 6.07 Å². The molecule has 0 amide bonds. The van der Waals surface area contributed by atoms with Gasteiger partial charge in [0.15, 0.2) is 20.9 Å². The number of ether oxygens (including phenoxy) is 10. The fourth-order valence-electron chi connectivity index (χ4n) is 9.70. The maximum atomic E-state index is 10.3. The summed E-state index contributed by atoms with van der Waals surface area (Å²) in [6.45, 7) is 12.9. The molecular weight excluding hydrogens is 1030 g/mol. The van der Waals surface area contributed by atoms with Crippen LogP contribution in [0.5, 0.6) is 0 Å². The Morgan fingerprint density at radius 3 is 1.12 bits per heavy atom. The highest BCUT2D eigenvalue weighted by Crippen LogP contribution is 2.42. The third-order valence-corrected chi connectivity index (χ3v) is 19.6. The summed E-state index contributed by atoms with van der Waals surface area (Å²) >= 11 is 0. The van der Waals surface area contributed by atoms with Crippen LogP contribution in [0.4, 0.5) is 0 Å². The van der Waals surface area contributed by atoms with Crippen molar-refractivity contribution in [2.24, 2.45) is 0 Å². The molecule has 12 nitrogen and oxygen atoms in total. The van der Waals surface area contributed by atoms with Crippen molar-refractivity contribution >= 4 is 8.32 Å². The van der Waals surface area contributed by atoms with Crippen molar-refractivity contribution in [1.29, 1.82) is 5.26 Å². The van der Waals surface area contributed by atoms with E-state index < -0.39 is 69.7 Å². The van der Waals surface area contributed by atoms with E-state index in [1.165, 1.54) is 0 Å². The lowest BCUT2D eigenvalue weighted by Crippen LogP contribution is -2.67. The molecule has 7 aromatic carbocycles. The van der Waals surface area contributed by atoms with Gasteiger partial charge in [0.25, 0.3) is 0 Å². The first-order valence-corrected chi connectivity index (χ1v) is 31.0. The fraction of sp³-hybridized carbons (Fsp3) is 0.368. The van der Waals surface area contributed by atoms with Gasteiger partial charge in [0, 0.05) is 0 Å². The molecule has 0 spiro atoms.